The second-order valence-corrected chi connectivity index (χ2v) is 4.41. The number of aryl methyl sites for hydroxylation is 2. The fourth-order valence-corrected chi connectivity index (χ4v) is 1.87. The maximum Gasteiger partial charge on any atom is 0.433 e. The highest BCUT2D eigenvalue weighted by atomic mass is 35.5. The second kappa shape index (κ2) is 6.95. The van der Waals surface area contributed by atoms with Crippen molar-refractivity contribution in [3.8, 4) is 0 Å². The molecule has 21 heavy (non-hydrogen) atoms. The van der Waals surface area contributed by atoms with Gasteiger partial charge < -0.3 is 5.32 Å². The number of rotatable bonds is 5. The number of alkyl halides is 3. The van der Waals surface area contributed by atoms with Gasteiger partial charge in [0.15, 0.2) is 0 Å². The van der Waals surface area contributed by atoms with Crippen molar-refractivity contribution in [1.29, 1.82) is 0 Å². The Labute approximate surface area is 126 Å². The number of nitrogens with one attached hydrogen (secondary N) is 1. The van der Waals surface area contributed by atoms with E-state index in [0.717, 1.165) is 23.0 Å². The quantitative estimate of drug-likeness (QED) is 0.919. The summed E-state index contributed by atoms with van der Waals surface area (Å²) < 4.78 is 40.4. The van der Waals surface area contributed by atoms with E-state index < -0.39 is 11.9 Å². The van der Waals surface area contributed by atoms with Crippen LogP contribution in [0.5, 0.6) is 0 Å². The predicted molar refractivity (Wildman–Crippen MR) is 73.9 cm³/mol. The Morgan fingerprint density at radius 3 is 2.38 bits per heavy atom. The van der Waals surface area contributed by atoms with E-state index >= 15 is 0 Å². The molecular formula is C12H17ClF3N5. The van der Waals surface area contributed by atoms with Crippen LogP contribution in [-0.2, 0) is 32.9 Å². The molecule has 0 saturated carbocycles. The summed E-state index contributed by atoms with van der Waals surface area (Å²) >= 11 is 0. The SMILES string of the molecule is CCn1ccc(CNCc2cc(C(F)(F)F)n(C)n2)n1.Cl. The summed E-state index contributed by atoms with van der Waals surface area (Å²) in [6, 6.07) is 2.92. The first-order valence-electron chi connectivity index (χ1n) is 6.23. The largest absolute Gasteiger partial charge is 0.433 e. The molecule has 0 unspecified atom stereocenters. The minimum Gasteiger partial charge on any atom is -0.305 e. The van der Waals surface area contributed by atoms with Crippen molar-refractivity contribution in [2.24, 2.45) is 7.05 Å². The average molecular weight is 324 g/mol. The molecule has 118 valence electrons. The smallest absolute Gasteiger partial charge is 0.305 e. The molecular weight excluding hydrogens is 307 g/mol. The van der Waals surface area contributed by atoms with E-state index in [2.05, 4.69) is 15.5 Å². The van der Waals surface area contributed by atoms with Crippen LogP contribution in [0.4, 0.5) is 13.2 Å². The van der Waals surface area contributed by atoms with Gasteiger partial charge in [0.25, 0.3) is 0 Å². The predicted octanol–water partition coefficient (Wildman–Crippen LogP) is 2.37. The normalized spacial score (nSPS) is 11.5. The van der Waals surface area contributed by atoms with Gasteiger partial charge in [-0.2, -0.15) is 23.4 Å². The molecule has 2 aromatic heterocycles. The van der Waals surface area contributed by atoms with Crippen molar-refractivity contribution < 1.29 is 13.2 Å². The standard InChI is InChI=1S/C12H16F3N5.ClH/c1-3-20-5-4-9(18-20)7-16-8-10-6-11(12(13,14)15)19(2)17-10;/h4-6,16H,3,7-8H2,1-2H3;1H. The Morgan fingerprint density at radius 1 is 1.19 bits per heavy atom. The molecule has 0 radical (unpaired) electrons. The van der Waals surface area contributed by atoms with Gasteiger partial charge in [-0.15, -0.1) is 12.4 Å². The van der Waals surface area contributed by atoms with E-state index in [0.29, 0.717) is 12.2 Å². The molecule has 0 amide bonds. The van der Waals surface area contributed by atoms with Crippen LogP contribution in [0, 0.1) is 0 Å². The van der Waals surface area contributed by atoms with Crippen molar-refractivity contribution >= 4 is 12.4 Å². The lowest BCUT2D eigenvalue weighted by Crippen LogP contribution is -2.14. The van der Waals surface area contributed by atoms with Gasteiger partial charge in [-0.05, 0) is 19.1 Å². The zero-order valence-electron chi connectivity index (χ0n) is 11.7. The molecule has 2 rings (SSSR count). The topological polar surface area (TPSA) is 47.7 Å². The molecule has 0 aliphatic rings. The van der Waals surface area contributed by atoms with Crippen molar-refractivity contribution in [2.45, 2.75) is 32.7 Å². The van der Waals surface area contributed by atoms with Gasteiger partial charge in [-0.25, -0.2) is 0 Å². The van der Waals surface area contributed by atoms with E-state index in [-0.39, 0.29) is 19.0 Å². The molecule has 0 fully saturated rings. The third kappa shape index (κ3) is 4.47. The number of nitrogens with zero attached hydrogens (tertiary/aromatic N) is 4. The molecule has 0 spiro atoms. The molecule has 0 atom stereocenters. The van der Waals surface area contributed by atoms with Crippen LogP contribution in [0.1, 0.15) is 24.0 Å². The monoisotopic (exact) mass is 323 g/mol. The molecule has 0 aromatic carbocycles. The molecule has 2 heterocycles. The van der Waals surface area contributed by atoms with E-state index in [9.17, 15) is 13.2 Å². The molecule has 2 aromatic rings. The summed E-state index contributed by atoms with van der Waals surface area (Å²) in [6.45, 7) is 3.53. The molecule has 5 nitrogen and oxygen atoms in total. The summed E-state index contributed by atoms with van der Waals surface area (Å²) in [4.78, 5) is 0. The average Bonchev–Trinajstić information content (AvgIpc) is 2.95. The summed E-state index contributed by atoms with van der Waals surface area (Å²) in [5.74, 6) is 0. The van der Waals surface area contributed by atoms with E-state index in [1.54, 1.807) is 4.68 Å². The molecule has 0 saturated heterocycles. The van der Waals surface area contributed by atoms with Crippen molar-refractivity contribution in [2.75, 3.05) is 0 Å². The van der Waals surface area contributed by atoms with Gasteiger partial charge in [0.2, 0.25) is 0 Å². The van der Waals surface area contributed by atoms with Gasteiger partial charge in [-0.3, -0.25) is 9.36 Å². The van der Waals surface area contributed by atoms with Gasteiger partial charge in [0, 0.05) is 32.9 Å². The first-order valence-corrected chi connectivity index (χ1v) is 6.23. The Hall–Kier alpha value is -1.54. The van der Waals surface area contributed by atoms with E-state index in [4.69, 9.17) is 0 Å². The van der Waals surface area contributed by atoms with E-state index in [1.165, 1.54) is 7.05 Å². The Kier molecular flexibility index (Phi) is 5.79. The number of halogens is 4. The Bertz CT molecular complexity index is 576. The van der Waals surface area contributed by atoms with Gasteiger partial charge in [0.05, 0.1) is 11.4 Å². The fraction of sp³-hybridized carbons (Fsp3) is 0.500. The van der Waals surface area contributed by atoms with Crippen molar-refractivity contribution in [3.05, 3.63) is 35.4 Å². The van der Waals surface area contributed by atoms with Crippen LogP contribution >= 0.6 is 12.4 Å². The Balaban J connectivity index is 0.00000220. The second-order valence-electron chi connectivity index (χ2n) is 4.41. The molecule has 0 aliphatic heterocycles. The molecule has 1 N–H and O–H groups in total. The Morgan fingerprint density at radius 2 is 1.86 bits per heavy atom. The third-order valence-corrected chi connectivity index (χ3v) is 2.85. The zero-order valence-corrected chi connectivity index (χ0v) is 12.5. The first-order chi connectivity index (χ1) is 9.40. The maximum absolute atomic E-state index is 12.6. The maximum atomic E-state index is 12.6. The lowest BCUT2D eigenvalue weighted by atomic mass is 10.3. The molecule has 0 bridgehead atoms. The number of hydrogen-bond acceptors (Lipinski definition) is 3. The summed E-state index contributed by atoms with van der Waals surface area (Å²) in [6.07, 6.45) is -2.51. The van der Waals surface area contributed by atoms with Gasteiger partial charge in [-0.1, -0.05) is 0 Å². The van der Waals surface area contributed by atoms with E-state index in [1.807, 2.05) is 19.2 Å². The van der Waals surface area contributed by atoms with Gasteiger partial charge in [0.1, 0.15) is 5.69 Å². The highest BCUT2D eigenvalue weighted by Gasteiger charge is 2.34. The highest BCUT2D eigenvalue weighted by molar-refractivity contribution is 5.85. The van der Waals surface area contributed by atoms with Crippen LogP contribution in [-0.4, -0.2) is 19.6 Å². The fourth-order valence-electron chi connectivity index (χ4n) is 1.87. The van der Waals surface area contributed by atoms with Crippen molar-refractivity contribution in [3.63, 3.8) is 0 Å². The van der Waals surface area contributed by atoms with Crippen LogP contribution < -0.4 is 5.32 Å². The number of hydrogen-bond donors (Lipinski definition) is 1. The van der Waals surface area contributed by atoms with Crippen molar-refractivity contribution in [1.82, 2.24) is 24.9 Å². The summed E-state index contributed by atoms with van der Waals surface area (Å²) in [5, 5.41) is 11.1. The summed E-state index contributed by atoms with van der Waals surface area (Å²) in [5.41, 5.74) is 0.457. The van der Waals surface area contributed by atoms with Crippen LogP contribution in [0.15, 0.2) is 18.3 Å². The first kappa shape index (κ1) is 17.5. The zero-order chi connectivity index (χ0) is 14.8. The van der Waals surface area contributed by atoms with Gasteiger partial charge >= 0.3 is 6.18 Å². The molecule has 0 aliphatic carbocycles. The van der Waals surface area contributed by atoms with Crippen LogP contribution in [0.2, 0.25) is 0 Å². The minimum atomic E-state index is -4.38. The van der Waals surface area contributed by atoms with Crippen LogP contribution in [0.25, 0.3) is 0 Å². The summed E-state index contributed by atoms with van der Waals surface area (Å²) in [7, 11) is 1.29. The van der Waals surface area contributed by atoms with Crippen LogP contribution in [0.3, 0.4) is 0 Å². The minimum absolute atomic E-state index is 0. The highest BCUT2D eigenvalue weighted by Crippen LogP contribution is 2.29. The third-order valence-electron chi connectivity index (χ3n) is 2.85. The lowest BCUT2D eigenvalue weighted by molar-refractivity contribution is -0.143. The lowest BCUT2D eigenvalue weighted by Gasteiger charge is -2.04. The number of aromatic nitrogens is 4. The molecule has 9 heteroatoms.